The lowest BCUT2D eigenvalue weighted by atomic mass is 9.98. The molecule has 0 radical (unpaired) electrons. The fraction of sp³-hybridized carbons (Fsp3) is 0.417. The zero-order valence-corrected chi connectivity index (χ0v) is 11.8. The summed E-state index contributed by atoms with van der Waals surface area (Å²) in [6.07, 6.45) is 0. The van der Waals surface area contributed by atoms with Gasteiger partial charge >= 0.3 is 0 Å². The maximum absolute atomic E-state index is 11.7. The Labute approximate surface area is 109 Å². The minimum atomic E-state index is -0.680. The number of ketones is 1. The van der Waals surface area contributed by atoms with Crippen LogP contribution >= 0.6 is 27.5 Å². The third-order valence-electron chi connectivity index (χ3n) is 2.33. The molecule has 0 aliphatic carbocycles. The van der Waals surface area contributed by atoms with Crippen LogP contribution in [0.2, 0.25) is 0 Å². The topological polar surface area (TPSA) is 26.3 Å². The number of methoxy groups -OCH3 is 1. The number of alkyl halides is 2. The van der Waals surface area contributed by atoms with E-state index in [4.69, 9.17) is 16.3 Å². The second-order valence-corrected chi connectivity index (χ2v) is 5.66. The summed E-state index contributed by atoms with van der Waals surface area (Å²) in [7, 11) is 1.62. The maximum atomic E-state index is 11.7. The number of Topliss-reactive ketones (excluding diaryl/α,β-unsaturated/α-hetero) is 1. The number of hydrogen-bond acceptors (Lipinski definition) is 2. The van der Waals surface area contributed by atoms with Gasteiger partial charge in [0, 0.05) is 5.56 Å². The summed E-state index contributed by atoms with van der Waals surface area (Å²) < 4.78 is 4.57. The first kappa shape index (κ1) is 13.5. The van der Waals surface area contributed by atoms with Crippen molar-refractivity contribution in [2.45, 2.75) is 24.1 Å². The number of carbonyl (C=O) groups is 1. The van der Waals surface area contributed by atoms with Gasteiger partial charge in [-0.25, -0.2) is 0 Å². The van der Waals surface area contributed by atoms with Crippen LogP contribution in [-0.2, 0) is 0 Å². The van der Waals surface area contributed by atoms with E-state index < -0.39 is 4.29 Å². The van der Waals surface area contributed by atoms with E-state index in [-0.39, 0.29) is 5.78 Å². The second-order valence-electron chi connectivity index (χ2n) is 3.78. The zero-order chi connectivity index (χ0) is 12.3. The van der Waals surface area contributed by atoms with E-state index in [2.05, 4.69) is 29.8 Å². The summed E-state index contributed by atoms with van der Waals surface area (Å²) in [6.45, 7) is 4.11. The highest BCUT2D eigenvalue weighted by Crippen LogP contribution is 2.28. The van der Waals surface area contributed by atoms with E-state index >= 15 is 0 Å². The number of ether oxygens (including phenoxy) is 1. The van der Waals surface area contributed by atoms with Crippen LogP contribution in [0.5, 0.6) is 5.75 Å². The molecule has 4 heteroatoms. The molecule has 0 bridgehead atoms. The van der Waals surface area contributed by atoms with Gasteiger partial charge in [0.2, 0.25) is 0 Å². The van der Waals surface area contributed by atoms with Crippen molar-refractivity contribution in [3.05, 3.63) is 29.3 Å². The Balaban J connectivity index is 3.17. The Hall–Kier alpha value is -0.540. The largest absolute Gasteiger partial charge is 0.496 e. The van der Waals surface area contributed by atoms with E-state index in [9.17, 15) is 4.79 Å². The van der Waals surface area contributed by atoms with Gasteiger partial charge in [-0.3, -0.25) is 4.79 Å². The van der Waals surface area contributed by atoms with Gasteiger partial charge in [-0.1, -0.05) is 29.8 Å². The van der Waals surface area contributed by atoms with Crippen LogP contribution < -0.4 is 4.74 Å². The number of halogens is 2. The molecule has 16 heavy (non-hydrogen) atoms. The van der Waals surface area contributed by atoms with E-state index in [1.54, 1.807) is 19.2 Å². The molecule has 1 rings (SSSR count). The molecule has 0 heterocycles. The van der Waals surface area contributed by atoms with Crippen LogP contribution in [0, 0.1) is 0 Å². The molecule has 0 aliphatic heterocycles. The van der Waals surface area contributed by atoms with Gasteiger partial charge in [-0.15, -0.1) is 11.6 Å². The van der Waals surface area contributed by atoms with Gasteiger partial charge in [0.25, 0.3) is 0 Å². The van der Waals surface area contributed by atoms with Gasteiger partial charge in [-0.05, 0) is 29.7 Å². The predicted octanol–water partition coefficient (Wildman–Crippen LogP) is 3.96. The monoisotopic (exact) mass is 304 g/mol. The summed E-state index contributed by atoms with van der Waals surface area (Å²) >= 11 is 8.76. The fourth-order valence-corrected chi connectivity index (χ4v) is 1.86. The number of carbonyl (C=O) groups excluding carboxylic acids is 1. The molecule has 1 unspecified atom stereocenters. The first-order valence-corrected chi connectivity index (χ1v) is 6.33. The van der Waals surface area contributed by atoms with Crippen LogP contribution in [0.25, 0.3) is 0 Å². The lowest BCUT2D eigenvalue weighted by molar-refractivity contribution is 0.101. The smallest absolute Gasteiger partial charge is 0.191 e. The van der Waals surface area contributed by atoms with Crippen molar-refractivity contribution < 1.29 is 9.53 Å². The molecule has 1 aromatic carbocycles. The van der Waals surface area contributed by atoms with Crippen molar-refractivity contribution in [1.29, 1.82) is 0 Å². The van der Waals surface area contributed by atoms with E-state index in [0.29, 0.717) is 11.5 Å². The highest BCUT2D eigenvalue weighted by molar-refractivity contribution is 9.10. The third-order valence-corrected chi connectivity index (χ3v) is 2.95. The van der Waals surface area contributed by atoms with E-state index in [0.717, 1.165) is 11.3 Å². The predicted molar refractivity (Wildman–Crippen MR) is 70.0 cm³/mol. The minimum absolute atomic E-state index is 0.133. The van der Waals surface area contributed by atoms with E-state index in [1.165, 1.54) is 0 Å². The van der Waals surface area contributed by atoms with Gasteiger partial charge in [0.1, 0.15) is 5.75 Å². The standard InChI is InChI=1S/C12H14BrClO2/c1-7(2)9-6-8(11(15)12(13)14)4-5-10(9)16-3/h4-7,12H,1-3H3. The molecule has 0 N–H and O–H groups in total. The highest BCUT2D eigenvalue weighted by atomic mass is 79.9. The van der Waals surface area contributed by atoms with Crippen LogP contribution in [0.4, 0.5) is 0 Å². The molecular formula is C12H14BrClO2. The molecule has 0 saturated carbocycles. The SMILES string of the molecule is COc1ccc(C(=O)C(Cl)Br)cc1C(C)C. The molecule has 2 nitrogen and oxygen atoms in total. The average Bonchev–Trinajstić information content (AvgIpc) is 2.26. The normalized spacial score (nSPS) is 12.6. The Morgan fingerprint density at radius 1 is 1.44 bits per heavy atom. The summed E-state index contributed by atoms with van der Waals surface area (Å²) in [4.78, 5) is 11.7. The van der Waals surface area contributed by atoms with Crippen LogP contribution in [0.3, 0.4) is 0 Å². The van der Waals surface area contributed by atoms with Crippen molar-refractivity contribution in [3.8, 4) is 5.75 Å². The Morgan fingerprint density at radius 3 is 2.50 bits per heavy atom. The second kappa shape index (κ2) is 5.69. The fourth-order valence-electron chi connectivity index (χ4n) is 1.46. The minimum Gasteiger partial charge on any atom is -0.496 e. The summed E-state index contributed by atoms with van der Waals surface area (Å²) in [5, 5.41) is 0. The average molecular weight is 306 g/mol. The molecular weight excluding hydrogens is 291 g/mol. The van der Waals surface area contributed by atoms with E-state index in [1.807, 2.05) is 6.07 Å². The molecule has 0 aromatic heterocycles. The van der Waals surface area contributed by atoms with Gasteiger partial charge < -0.3 is 4.74 Å². The van der Waals surface area contributed by atoms with Crippen LogP contribution in [0.1, 0.15) is 35.7 Å². The zero-order valence-electron chi connectivity index (χ0n) is 9.46. The highest BCUT2D eigenvalue weighted by Gasteiger charge is 2.16. The molecule has 1 atom stereocenters. The summed E-state index contributed by atoms with van der Waals surface area (Å²) in [5.74, 6) is 0.963. The Kier molecular flexibility index (Phi) is 4.81. The molecule has 88 valence electrons. The first-order chi connectivity index (χ1) is 7.47. The molecule has 0 saturated heterocycles. The number of hydrogen-bond donors (Lipinski definition) is 0. The van der Waals surface area contributed by atoms with Crippen molar-refractivity contribution in [1.82, 2.24) is 0 Å². The molecule has 0 amide bonds. The van der Waals surface area contributed by atoms with Crippen molar-refractivity contribution >= 4 is 33.3 Å². The van der Waals surface area contributed by atoms with Gasteiger partial charge in [0.15, 0.2) is 10.1 Å². The molecule has 1 aromatic rings. The molecule has 0 aliphatic rings. The van der Waals surface area contributed by atoms with Crippen molar-refractivity contribution in [2.75, 3.05) is 7.11 Å². The number of rotatable bonds is 4. The maximum Gasteiger partial charge on any atom is 0.191 e. The first-order valence-electron chi connectivity index (χ1n) is 4.97. The summed E-state index contributed by atoms with van der Waals surface area (Å²) in [6, 6.07) is 5.36. The van der Waals surface area contributed by atoms with Crippen molar-refractivity contribution in [2.24, 2.45) is 0 Å². The van der Waals surface area contributed by atoms with Crippen LogP contribution in [-0.4, -0.2) is 17.2 Å². The van der Waals surface area contributed by atoms with Gasteiger partial charge in [-0.2, -0.15) is 0 Å². The lowest BCUT2D eigenvalue weighted by Crippen LogP contribution is -2.08. The molecule has 0 fully saturated rings. The number of benzene rings is 1. The molecule has 0 spiro atoms. The third kappa shape index (κ3) is 2.98. The quantitative estimate of drug-likeness (QED) is 0.621. The Bertz CT molecular complexity index is 389. The van der Waals surface area contributed by atoms with Crippen LogP contribution in [0.15, 0.2) is 18.2 Å². The Morgan fingerprint density at radius 2 is 2.06 bits per heavy atom. The summed E-state index contributed by atoms with van der Waals surface area (Å²) in [5.41, 5.74) is 1.61. The van der Waals surface area contributed by atoms with Crippen molar-refractivity contribution in [3.63, 3.8) is 0 Å². The van der Waals surface area contributed by atoms with Gasteiger partial charge in [0.05, 0.1) is 7.11 Å². The lowest BCUT2D eigenvalue weighted by Gasteiger charge is -2.13.